The minimum Gasteiger partial charge on any atom is -0.352 e. The summed E-state index contributed by atoms with van der Waals surface area (Å²) in [6.45, 7) is 0.164. The maximum atomic E-state index is 13.6. The summed E-state index contributed by atoms with van der Waals surface area (Å²) in [5, 5.41) is 2.81. The van der Waals surface area contributed by atoms with Crippen LogP contribution in [0, 0.1) is 11.7 Å². The highest BCUT2D eigenvalue weighted by atomic mass is 35.5. The molecule has 0 unspecified atom stereocenters. The van der Waals surface area contributed by atoms with Gasteiger partial charge < -0.3 is 11.1 Å². The van der Waals surface area contributed by atoms with Gasteiger partial charge in [-0.1, -0.05) is 23.7 Å². The summed E-state index contributed by atoms with van der Waals surface area (Å²) in [4.78, 5) is 11.8. The Morgan fingerprint density at radius 1 is 1.50 bits per heavy atom. The van der Waals surface area contributed by atoms with Gasteiger partial charge in [0.1, 0.15) is 5.82 Å². The number of nitrogens with two attached hydrogens (primary N) is 1. The van der Waals surface area contributed by atoms with Crippen molar-refractivity contribution >= 4 is 17.5 Å². The number of benzene rings is 1. The molecule has 1 saturated carbocycles. The molecule has 0 aliphatic heterocycles. The Morgan fingerprint density at radius 3 is 2.94 bits per heavy atom. The molecule has 1 aromatic rings. The smallest absolute Gasteiger partial charge is 0.223 e. The van der Waals surface area contributed by atoms with Gasteiger partial charge in [0.25, 0.3) is 0 Å². The number of rotatable bonds is 3. The molecule has 1 amide bonds. The second kappa shape index (κ2) is 5.67. The van der Waals surface area contributed by atoms with Crippen molar-refractivity contribution in [1.29, 1.82) is 0 Å². The monoisotopic (exact) mass is 270 g/mol. The maximum Gasteiger partial charge on any atom is 0.223 e. The third-order valence-electron chi connectivity index (χ3n) is 3.33. The zero-order valence-electron chi connectivity index (χ0n) is 9.96. The number of carbonyl (C=O) groups excluding carboxylic acids is 1. The van der Waals surface area contributed by atoms with Gasteiger partial charge in [-0.15, -0.1) is 0 Å². The lowest BCUT2D eigenvalue weighted by atomic mass is 10.1. The average molecular weight is 271 g/mol. The van der Waals surface area contributed by atoms with Gasteiger partial charge in [0.2, 0.25) is 5.91 Å². The lowest BCUT2D eigenvalue weighted by Crippen LogP contribution is -2.30. The van der Waals surface area contributed by atoms with E-state index in [0.717, 1.165) is 12.8 Å². The average Bonchev–Trinajstić information content (AvgIpc) is 2.77. The van der Waals surface area contributed by atoms with Crippen molar-refractivity contribution in [2.45, 2.75) is 31.8 Å². The predicted molar refractivity (Wildman–Crippen MR) is 68.6 cm³/mol. The lowest BCUT2D eigenvalue weighted by Gasteiger charge is -2.11. The summed E-state index contributed by atoms with van der Waals surface area (Å²) in [5.41, 5.74) is 6.16. The van der Waals surface area contributed by atoms with Crippen LogP contribution in [0.25, 0.3) is 0 Å². The van der Waals surface area contributed by atoms with Crippen molar-refractivity contribution in [1.82, 2.24) is 5.32 Å². The highest BCUT2D eigenvalue weighted by molar-refractivity contribution is 6.30. The van der Waals surface area contributed by atoms with Gasteiger partial charge in [-0.2, -0.15) is 0 Å². The van der Waals surface area contributed by atoms with E-state index in [1.165, 1.54) is 6.07 Å². The molecule has 1 aromatic carbocycles. The van der Waals surface area contributed by atoms with Crippen LogP contribution in [-0.2, 0) is 11.3 Å². The minimum atomic E-state index is -0.470. The standard InChI is InChI=1S/C13H16ClFN2O/c14-11-3-1-2-9(12(11)15)7-17-13(18)8-4-5-10(16)6-8/h1-3,8,10H,4-7,16H2,(H,17,18)/t8-,10+/m1/s1. The fourth-order valence-electron chi connectivity index (χ4n) is 2.27. The molecular formula is C13H16ClFN2O. The van der Waals surface area contributed by atoms with Crippen LogP contribution in [0.3, 0.4) is 0 Å². The van der Waals surface area contributed by atoms with Crippen molar-refractivity contribution < 1.29 is 9.18 Å². The molecule has 98 valence electrons. The first-order valence-electron chi connectivity index (χ1n) is 6.04. The maximum absolute atomic E-state index is 13.6. The Morgan fingerprint density at radius 2 is 2.28 bits per heavy atom. The van der Waals surface area contributed by atoms with Crippen LogP contribution in [-0.4, -0.2) is 11.9 Å². The van der Waals surface area contributed by atoms with Gasteiger partial charge in [-0.3, -0.25) is 4.79 Å². The van der Waals surface area contributed by atoms with E-state index in [-0.39, 0.29) is 29.4 Å². The highest BCUT2D eigenvalue weighted by Gasteiger charge is 2.27. The van der Waals surface area contributed by atoms with Gasteiger partial charge in [-0.25, -0.2) is 4.39 Å². The van der Waals surface area contributed by atoms with Crippen LogP contribution < -0.4 is 11.1 Å². The van der Waals surface area contributed by atoms with Crippen molar-refractivity contribution in [3.05, 3.63) is 34.6 Å². The molecule has 2 rings (SSSR count). The second-order valence-electron chi connectivity index (χ2n) is 4.70. The molecule has 1 aliphatic rings. The Labute approximate surface area is 111 Å². The first-order chi connectivity index (χ1) is 8.58. The molecule has 3 nitrogen and oxygen atoms in total. The lowest BCUT2D eigenvalue weighted by molar-refractivity contribution is -0.125. The summed E-state index contributed by atoms with van der Waals surface area (Å²) < 4.78 is 13.6. The number of hydrogen-bond donors (Lipinski definition) is 2. The predicted octanol–water partition coefficient (Wildman–Crippen LogP) is 2.22. The fourth-order valence-corrected chi connectivity index (χ4v) is 2.46. The fraction of sp³-hybridized carbons (Fsp3) is 0.462. The normalized spacial score (nSPS) is 23.1. The van der Waals surface area contributed by atoms with Gasteiger partial charge in [0, 0.05) is 24.1 Å². The van der Waals surface area contributed by atoms with Gasteiger partial charge >= 0.3 is 0 Å². The molecule has 0 aromatic heterocycles. The summed E-state index contributed by atoms with van der Waals surface area (Å²) in [5.74, 6) is -0.563. The molecular weight excluding hydrogens is 255 g/mol. The molecule has 0 heterocycles. The van der Waals surface area contributed by atoms with E-state index >= 15 is 0 Å². The van der Waals surface area contributed by atoms with E-state index in [0.29, 0.717) is 12.0 Å². The Balaban J connectivity index is 1.91. The third kappa shape index (κ3) is 3.00. The molecule has 3 N–H and O–H groups in total. The summed E-state index contributed by atoms with van der Waals surface area (Å²) >= 11 is 5.67. The van der Waals surface area contributed by atoms with Crippen LogP contribution in [0.2, 0.25) is 5.02 Å². The van der Waals surface area contributed by atoms with Crippen molar-refractivity contribution in [2.24, 2.45) is 11.7 Å². The van der Waals surface area contributed by atoms with Crippen molar-refractivity contribution in [3.63, 3.8) is 0 Å². The zero-order chi connectivity index (χ0) is 13.1. The topological polar surface area (TPSA) is 55.1 Å². The zero-order valence-corrected chi connectivity index (χ0v) is 10.7. The van der Waals surface area contributed by atoms with Gasteiger partial charge in [-0.05, 0) is 25.3 Å². The van der Waals surface area contributed by atoms with Crippen LogP contribution >= 0.6 is 11.6 Å². The molecule has 0 bridgehead atoms. The molecule has 0 spiro atoms. The van der Waals surface area contributed by atoms with E-state index in [4.69, 9.17) is 17.3 Å². The summed E-state index contributed by atoms with van der Waals surface area (Å²) in [6.07, 6.45) is 2.40. The Hall–Kier alpha value is -1.13. The van der Waals surface area contributed by atoms with E-state index in [1.807, 2.05) is 0 Å². The number of amides is 1. The molecule has 0 saturated heterocycles. The minimum absolute atomic E-state index is 0.0396. The quantitative estimate of drug-likeness (QED) is 0.885. The molecule has 2 atom stereocenters. The van der Waals surface area contributed by atoms with Crippen molar-refractivity contribution in [3.8, 4) is 0 Å². The number of carbonyl (C=O) groups is 1. The molecule has 1 fully saturated rings. The van der Waals surface area contributed by atoms with E-state index in [9.17, 15) is 9.18 Å². The van der Waals surface area contributed by atoms with Crippen LogP contribution in [0.4, 0.5) is 4.39 Å². The molecule has 18 heavy (non-hydrogen) atoms. The van der Waals surface area contributed by atoms with E-state index in [2.05, 4.69) is 5.32 Å². The molecule has 1 aliphatic carbocycles. The number of nitrogens with one attached hydrogen (secondary N) is 1. The first kappa shape index (κ1) is 13.3. The van der Waals surface area contributed by atoms with Crippen LogP contribution in [0.1, 0.15) is 24.8 Å². The van der Waals surface area contributed by atoms with Gasteiger partial charge in [0.15, 0.2) is 0 Å². The van der Waals surface area contributed by atoms with Crippen molar-refractivity contribution in [2.75, 3.05) is 0 Å². The van der Waals surface area contributed by atoms with Gasteiger partial charge in [0.05, 0.1) is 5.02 Å². The second-order valence-corrected chi connectivity index (χ2v) is 5.11. The first-order valence-corrected chi connectivity index (χ1v) is 6.42. The number of halogens is 2. The summed E-state index contributed by atoms with van der Waals surface area (Å²) in [6, 6.07) is 4.88. The third-order valence-corrected chi connectivity index (χ3v) is 3.62. The highest BCUT2D eigenvalue weighted by Crippen LogP contribution is 2.24. The molecule has 5 heteroatoms. The van der Waals surface area contributed by atoms with E-state index in [1.54, 1.807) is 12.1 Å². The summed E-state index contributed by atoms with van der Waals surface area (Å²) in [7, 11) is 0. The van der Waals surface area contributed by atoms with E-state index < -0.39 is 5.82 Å². The Bertz CT molecular complexity index is 453. The SMILES string of the molecule is N[C@H]1CC[C@@H](C(=O)NCc2cccc(Cl)c2F)C1. The van der Waals surface area contributed by atoms with Crippen LogP contribution in [0.5, 0.6) is 0 Å². The van der Waals surface area contributed by atoms with Crippen LogP contribution in [0.15, 0.2) is 18.2 Å². The number of hydrogen-bond acceptors (Lipinski definition) is 2. The largest absolute Gasteiger partial charge is 0.352 e. The Kier molecular flexibility index (Phi) is 4.19. The molecule has 0 radical (unpaired) electrons.